The Morgan fingerprint density at radius 3 is 2.88 bits per heavy atom. The summed E-state index contributed by atoms with van der Waals surface area (Å²) >= 11 is 1.59. The van der Waals surface area contributed by atoms with E-state index < -0.39 is 5.60 Å². The van der Waals surface area contributed by atoms with Crippen LogP contribution >= 0.6 is 11.3 Å². The number of hydrogen-bond acceptors (Lipinski definition) is 6. The molecular weight excluding hydrogens is 346 g/mol. The van der Waals surface area contributed by atoms with Crippen molar-refractivity contribution in [2.45, 2.75) is 12.0 Å². The fourth-order valence-electron chi connectivity index (χ4n) is 3.66. The maximum atomic E-state index is 11.0. The van der Waals surface area contributed by atoms with Gasteiger partial charge in [0.25, 0.3) is 0 Å². The molecule has 0 saturated carbocycles. The van der Waals surface area contributed by atoms with Crippen LogP contribution in [0.15, 0.2) is 36.7 Å². The number of aryl methyl sites for hydroxylation is 1. The van der Waals surface area contributed by atoms with Gasteiger partial charge in [-0.25, -0.2) is 9.97 Å². The van der Waals surface area contributed by atoms with Crippen molar-refractivity contribution < 1.29 is 5.11 Å². The van der Waals surface area contributed by atoms with E-state index in [0.29, 0.717) is 6.54 Å². The third-order valence-corrected chi connectivity index (χ3v) is 6.29. The van der Waals surface area contributed by atoms with Crippen molar-refractivity contribution in [3.63, 3.8) is 0 Å². The number of hydrogen-bond donors (Lipinski definition) is 1. The zero-order chi connectivity index (χ0) is 17.9. The van der Waals surface area contributed by atoms with Gasteiger partial charge in [0, 0.05) is 53.7 Å². The van der Waals surface area contributed by atoms with Gasteiger partial charge in [-0.2, -0.15) is 5.10 Å². The second-order valence-electron chi connectivity index (χ2n) is 7.16. The molecule has 6 nitrogen and oxygen atoms in total. The van der Waals surface area contributed by atoms with Gasteiger partial charge in [-0.3, -0.25) is 4.68 Å². The number of likely N-dealkylation sites (tertiary alicyclic amines) is 1. The first-order valence-electron chi connectivity index (χ1n) is 8.62. The summed E-state index contributed by atoms with van der Waals surface area (Å²) in [6.45, 7) is 1.59. The van der Waals surface area contributed by atoms with Gasteiger partial charge in [0.1, 0.15) is 10.4 Å². The number of thiophene rings is 1. The molecule has 1 aliphatic rings. The molecule has 1 aliphatic heterocycles. The maximum Gasteiger partial charge on any atom is 0.181 e. The Bertz CT molecular complexity index is 1130. The Hall–Kier alpha value is -2.35. The van der Waals surface area contributed by atoms with Crippen LogP contribution in [0.2, 0.25) is 0 Å². The molecular formula is C19H19N5OS. The van der Waals surface area contributed by atoms with Gasteiger partial charge >= 0.3 is 0 Å². The molecule has 0 spiro atoms. The molecule has 0 aliphatic carbocycles. The third kappa shape index (κ3) is 2.51. The van der Waals surface area contributed by atoms with E-state index in [1.54, 1.807) is 16.0 Å². The molecule has 0 amide bonds. The highest BCUT2D eigenvalue weighted by atomic mass is 32.1. The minimum atomic E-state index is -0.754. The molecule has 1 fully saturated rings. The standard InChI is InChI=1S/C19H19N5OS/c1-23-6-5-19(25,11-23)16-8-12-3-4-15(21-18(12)26-16)13-7-14-10-24(2)22-17(14)20-9-13/h3-4,7-10,25H,5-6,11H2,1-2H3/t19-/m1/s1. The Balaban J connectivity index is 1.56. The van der Waals surface area contributed by atoms with Crippen molar-refractivity contribution in [2.24, 2.45) is 7.05 Å². The number of β-amino-alcohol motifs (C(OH)–C–C–N with tert-alkyl or cyclic N) is 1. The molecule has 4 aromatic heterocycles. The zero-order valence-electron chi connectivity index (χ0n) is 14.7. The summed E-state index contributed by atoms with van der Waals surface area (Å²) in [5.74, 6) is 0. The lowest BCUT2D eigenvalue weighted by Crippen LogP contribution is -2.27. The monoisotopic (exact) mass is 365 g/mol. The summed E-state index contributed by atoms with van der Waals surface area (Å²) in [7, 11) is 3.94. The van der Waals surface area contributed by atoms with Gasteiger partial charge in [-0.05, 0) is 37.7 Å². The maximum absolute atomic E-state index is 11.0. The first kappa shape index (κ1) is 15.9. The van der Waals surface area contributed by atoms with Crippen LogP contribution in [0.4, 0.5) is 0 Å². The Morgan fingerprint density at radius 2 is 2.08 bits per heavy atom. The number of aromatic nitrogens is 4. The molecule has 5 heterocycles. The van der Waals surface area contributed by atoms with E-state index in [0.717, 1.165) is 50.4 Å². The van der Waals surface area contributed by atoms with Crippen molar-refractivity contribution >= 4 is 32.6 Å². The number of nitrogens with zero attached hydrogens (tertiary/aromatic N) is 5. The lowest BCUT2D eigenvalue weighted by Gasteiger charge is -2.20. The van der Waals surface area contributed by atoms with Crippen LogP contribution in [0.25, 0.3) is 32.5 Å². The molecule has 0 unspecified atom stereocenters. The predicted molar refractivity (Wildman–Crippen MR) is 103 cm³/mol. The minimum Gasteiger partial charge on any atom is -0.383 e. The van der Waals surface area contributed by atoms with Crippen LogP contribution in [-0.2, 0) is 12.6 Å². The number of rotatable bonds is 2. The fourth-order valence-corrected chi connectivity index (χ4v) is 4.80. The average molecular weight is 365 g/mol. The SMILES string of the molecule is CN1CC[C@](O)(c2cc3ccc(-c4cnc5nn(C)cc5c4)nc3s2)C1. The van der Waals surface area contributed by atoms with E-state index in [4.69, 9.17) is 4.98 Å². The number of pyridine rings is 2. The van der Waals surface area contributed by atoms with E-state index in [9.17, 15) is 5.11 Å². The highest BCUT2D eigenvalue weighted by molar-refractivity contribution is 7.18. The Labute approximate surface area is 154 Å². The summed E-state index contributed by atoms with van der Waals surface area (Å²) < 4.78 is 1.77. The Kier molecular flexibility index (Phi) is 3.40. The van der Waals surface area contributed by atoms with E-state index in [-0.39, 0.29) is 0 Å². The van der Waals surface area contributed by atoms with Crippen LogP contribution in [0.1, 0.15) is 11.3 Å². The van der Waals surface area contributed by atoms with Gasteiger partial charge in [0.15, 0.2) is 5.65 Å². The van der Waals surface area contributed by atoms with Crippen molar-refractivity contribution in [1.82, 2.24) is 24.6 Å². The lowest BCUT2D eigenvalue weighted by atomic mass is 10.0. The molecule has 1 saturated heterocycles. The molecule has 7 heteroatoms. The zero-order valence-corrected chi connectivity index (χ0v) is 15.5. The highest BCUT2D eigenvalue weighted by Crippen LogP contribution is 2.38. The van der Waals surface area contributed by atoms with Crippen LogP contribution in [0, 0.1) is 0 Å². The summed E-state index contributed by atoms with van der Waals surface area (Å²) in [5.41, 5.74) is 1.85. The molecule has 4 aromatic rings. The van der Waals surface area contributed by atoms with Crippen LogP contribution in [-0.4, -0.2) is 49.9 Å². The summed E-state index contributed by atoms with van der Waals surface area (Å²) in [6, 6.07) is 8.24. The smallest absolute Gasteiger partial charge is 0.181 e. The quantitative estimate of drug-likeness (QED) is 0.592. The normalized spacial score (nSPS) is 21.2. The van der Waals surface area contributed by atoms with Gasteiger partial charge in [0.05, 0.1) is 5.69 Å². The van der Waals surface area contributed by atoms with E-state index in [1.807, 2.05) is 32.6 Å². The first-order valence-corrected chi connectivity index (χ1v) is 9.44. The molecule has 26 heavy (non-hydrogen) atoms. The molecule has 0 radical (unpaired) electrons. The van der Waals surface area contributed by atoms with E-state index in [2.05, 4.69) is 33.2 Å². The average Bonchev–Trinajstić information content (AvgIpc) is 3.29. The topological polar surface area (TPSA) is 67.1 Å². The number of fused-ring (bicyclic) bond motifs is 2. The Morgan fingerprint density at radius 1 is 1.19 bits per heavy atom. The van der Waals surface area contributed by atoms with Crippen molar-refractivity contribution in [1.29, 1.82) is 0 Å². The highest BCUT2D eigenvalue weighted by Gasteiger charge is 2.37. The second kappa shape index (κ2) is 5.57. The number of likely N-dealkylation sites (N-methyl/N-ethyl adjacent to an activating group) is 1. The van der Waals surface area contributed by atoms with Crippen molar-refractivity contribution in [2.75, 3.05) is 20.1 Å². The van der Waals surface area contributed by atoms with Crippen LogP contribution in [0.5, 0.6) is 0 Å². The molecule has 1 atom stereocenters. The van der Waals surface area contributed by atoms with Crippen molar-refractivity contribution in [3.8, 4) is 11.3 Å². The van der Waals surface area contributed by atoms with E-state index >= 15 is 0 Å². The fraction of sp³-hybridized carbons (Fsp3) is 0.316. The second-order valence-corrected chi connectivity index (χ2v) is 8.19. The largest absolute Gasteiger partial charge is 0.383 e. The molecule has 132 valence electrons. The summed E-state index contributed by atoms with van der Waals surface area (Å²) in [4.78, 5) is 13.4. The summed E-state index contributed by atoms with van der Waals surface area (Å²) in [5, 5.41) is 17.4. The van der Waals surface area contributed by atoms with Gasteiger partial charge in [0.2, 0.25) is 0 Å². The lowest BCUT2D eigenvalue weighted by molar-refractivity contribution is 0.0527. The molecule has 1 N–H and O–H groups in total. The van der Waals surface area contributed by atoms with Crippen LogP contribution < -0.4 is 0 Å². The molecule has 5 rings (SSSR count). The van der Waals surface area contributed by atoms with Crippen LogP contribution in [0.3, 0.4) is 0 Å². The first-order chi connectivity index (χ1) is 12.5. The number of aliphatic hydroxyl groups is 1. The van der Waals surface area contributed by atoms with Gasteiger partial charge < -0.3 is 10.0 Å². The minimum absolute atomic E-state index is 0.675. The molecule has 0 aromatic carbocycles. The third-order valence-electron chi connectivity index (χ3n) is 5.05. The van der Waals surface area contributed by atoms with Crippen molar-refractivity contribution in [3.05, 3.63) is 41.5 Å². The van der Waals surface area contributed by atoms with E-state index in [1.165, 1.54) is 0 Å². The summed E-state index contributed by atoms with van der Waals surface area (Å²) in [6.07, 6.45) is 4.54. The predicted octanol–water partition coefficient (Wildman–Crippen LogP) is 2.77. The van der Waals surface area contributed by atoms with Gasteiger partial charge in [-0.15, -0.1) is 11.3 Å². The molecule has 0 bridgehead atoms. The van der Waals surface area contributed by atoms with Gasteiger partial charge in [-0.1, -0.05) is 0 Å².